The fourth-order valence-corrected chi connectivity index (χ4v) is 7.76. The Balaban J connectivity index is 2.40. The SMILES string of the molecule is CC/C=C\C/C=C\C/C=C\C/C=C\CCCCCCCCCOCC(COP(=O)(O)OC1C(O)C(O)C(O)C(O)C1O)OC(=O)CCCCCCC/C=C\C/C=C\CCCCC. The Morgan fingerprint density at radius 1 is 0.532 bits per heavy atom. The zero-order valence-electron chi connectivity index (χ0n) is 38.1. The Bertz CT molecular complexity index is 1300. The number of hydrogen-bond donors (Lipinski definition) is 6. The van der Waals surface area contributed by atoms with Crippen LogP contribution in [0, 0.1) is 0 Å². The van der Waals surface area contributed by atoms with Crippen molar-refractivity contribution >= 4 is 13.8 Å². The largest absolute Gasteiger partial charge is 0.472 e. The molecular formula is C49H85O12P. The van der Waals surface area contributed by atoms with Crippen LogP contribution in [0.5, 0.6) is 0 Å². The zero-order chi connectivity index (χ0) is 45.5. The zero-order valence-corrected chi connectivity index (χ0v) is 39.0. The number of carbonyl (C=O) groups is 1. The Morgan fingerprint density at radius 3 is 1.45 bits per heavy atom. The van der Waals surface area contributed by atoms with E-state index in [-0.39, 0.29) is 13.0 Å². The average Bonchev–Trinajstić information content (AvgIpc) is 3.26. The van der Waals surface area contributed by atoms with E-state index in [9.17, 15) is 39.8 Å². The van der Waals surface area contributed by atoms with E-state index >= 15 is 0 Å². The summed E-state index contributed by atoms with van der Waals surface area (Å²) in [5.41, 5.74) is 0. The molecule has 6 unspecified atom stereocenters. The third-order valence-corrected chi connectivity index (χ3v) is 11.5. The molecule has 6 atom stereocenters. The van der Waals surface area contributed by atoms with Crippen molar-refractivity contribution in [2.24, 2.45) is 0 Å². The fourth-order valence-electron chi connectivity index (χ4n) is 6.79. The van der Waals surface area contributed by atoms with Gasteiger partial charge in [-0.15, -0.1) is 0 Å². The summed E-state index contributed by atoms with van der Waals surface area (Å²) in [6.07, 6.45) is 38.2. The molecule has 12 nitrogen and oxygen atoms in total. The molecule has 0 amide bonds. The number of carbonyl (C=O) groups excluding carboxylic acids is 1. The summed E-state index contributed by atoms with van der Waals surface area (Å²) in [5.74, 6) is -0.498. The molecule has 0 heterocycles. The second-order valence-corrected chi connectivity index (χ2v) is 17.6. The molecule has 62 heavy (non-hydrogen) atoms. The molecule has 1 aliphatic carbocycles. The van der Waals surface area contributed by atoms with E-state index in [0.29, 0.717) is 13.0 Å². The van der Waals surface area contributed by atoms with E-state index in [2.05, 4.69) is 86.8 Å². The van der Waals surface area contributed by atoms with Crippen LogP contribution < -0.4 is 0 Å². The Hall–Kier alpha value is -2.22. The minimum atomic E-state index is -5.03. The van der Waals surface area contributed by atoms with Crippen LogP contribution in [0.2, 0.25) is 0 Å². The summed E-state index contributed by atoms with van der Waals surface area (Å²) in [6, 6.07) is 0. The van der Waals surface area contributed by atoms with Crippen LogP contribution in [-0.2, 0) is 27.9 Å². The van der Waals surface area contributed by atoms with Crippen molar-refractivity contribution in [1.82, 2.24) is 0 Å². The number of esters is 1. The number of phosphoric acid groups is 1. The van der Waals surface area contributed by atoms with Crippen LogP contribution in [0.1, 0.15) is 168 Å². The first-order chi connectivity index (χ1) is 30.0. The van der Waals surface area contributed by atoms with Gasteiger partial charge in [-0.05, 0) is 83.5 Å². The number of aliphatic hydroxyl groups excluding tert-OH is 5. The second kappa shape index (κ2) is 39.2. The summed E-state index contributed by atoms with van der Waals surface area (Å²) in [7, 11) is -5.03. The number of phosphoric ester groups is 1. The Morgan fingerprint density at radius 2 is 0.952 bits per heavy atom. The Kier molecular flexibility index (Phi) is 36.5. The van der Waals surface area contributed by atoms with Crippen LogP contribution in [0.3, 0.4) is 0 Å². The van der Waals surface area contributed by atoms with Gasteiger partial charge in [-0.2, -0.15) is 0 Å². The lowest BCUT2D eigenvalue weighted by Crippen LogP contribution is -2.64. The lowest BCUT2D eigenvalue weighted by molar-refractivity contribution is -0.220. The Labute approximate surface area is 374 Å². The second-order valence-electron chi connectivity index (χ2n) is 16.2. The van der Waals surface area contributed by atoms with E-state index < -0.39 is 63.1 Å². The minimum Gasteiger partial charge on any atom is -0.457 e. The number of hydrogen-bond acceptors (Lipinski definition) is 11. The van der Waals surface area contributed by atoms with Gasteiger partial charge >= 0.3 is 13.8 Å². The molecule has 13 heteroatoms. The molecule has 1 rings (SSSR count). The van der Waals surface area contributed by atoms with Crippen LogP contribution >= 0.6 is 7.82 Å². The topological polar surface area (TPSA) is 192 Å². The van der Waals surface area contributed by atoms with Crippen LogP contribution in [-0.4, -0.2) is 98.9 Å². The molecule has 358 valence electrons. The summed E-state index contributed by atoms with van der Waals surface area (Å²) in [5, 5.41) is 50.2. The maximum absolute atomic E-state index is 12.8. The van der Waals surface area contributed by atoms with Crippen molar-refractivity contribution in [2.75, 3.05) is 19.8 Å². The summed E-state index contributed by atoms with van der Waals surface area (Å²) in [6.45, 7) is 4.07. The van der Waals surface area contributed by atoms with Gasteiger partial charge in [-0.25, -0.2) is 4.57 Å². The van der Waals surface area contributed by atoms with Crippen molar-refractivity contribution in [3.8, 4) is 0 Å². The minimum absolute atomic E-state index is 0.0937. The highest BCUT2D eigenvalue weighted by Crippen LogP contribution is 2.47. The van der Waals surface area contributed by atoms with Gasteiger partial charge in [-0.3, -0.25) is 13.8 Å². The molecule has 6 N–H and O–H groups in total. The van der Waals surface area contributed by atoms with Gasteiger partial charge in [0.1, 0.15) is 42.7 Å². The summed E-state index contributed by atoms with van der Waals surface area (Å²) < 4.78 is 34.2. The normalized spacial score (nSPS) is 22.6. The number of allylic oxidation sites excluding steroid dienone is 12. The summed E-state index contributed by atoms with van der Waals surface area (Å²) >= 11 is 0. The molecule has 0 aliphatic heterocycles. The van der Waals surface area contributed by atoms with Gasteiger partial charge in [0.2, 0.25) is 0 Å². The predicted molar refractivity (Wildman–Crippen MR) is 248 cm³/mol. The summed E-state index contributed by atoms with van der Waals surface area (Å²) in [4.78, 5) is 23.2. The maximum atomic E-state index is 12.8. The van der Waals surface area contributed by atoms with Gasteiger partial charge in [0, 0.05) is 13.0 Å². The predicted octanol–water partition coefficient (Wildman–Crippen LogP) is 9.97. The average molecular weight is 897 g/mol. The molecule has 0 radical (unpaired) electrons. The standard InChI is InChI=1S/C49H85O12P/c1-3-5-7-9-11-13-15-17-19-20-21-22-23-25-27-29-31-33-35-37-39-58-40-42(41-59-62(56,57)61-49-47(54)45(52)44(51)46(53)48(49)55)60-43(50)38-36-34-32-30-28-26-24-18-16-14-12-10-8-6-4-2/h5,7,11-14,17-19,21-22,24,42,44-49,51-55H,3-4,6,8-10,15-16,20,23,25-41H2,1-2H3,(H,56,57)/b7-5-,13-11-,14-12-,19-17-,22-21-,24-18-. The highest BCUT2D eigenvalue weighted by Gasteiger charge is 2.51. The highest BCUT2D eigenvalue weighted by molar-refractivity contribution is 7.47. The van der Waals surface area contributed by atoms with Crippen LogP contribution in [0.15, 0.2) is 72.9 Å². The molecule has 1 saturated carbocycles. The molecular weight excluding hydrogens is 812 g/mol. The van der Waals surface area contributed by atoms with Crippen molar-refractivity contribution < 1.29 is 58.3 Å². The number of aliphatic hydroxyl groups is 5. The first-order valence-corrected chi connectivity index (χ1v) is 25.3. The van der Waals surface area contributed by atoms with Crippen LogP contribution in [0.25, 0.3) is 0 Å². The van der Waals surface area contributed by atoms with Crippen molar-refractivity contribution in [3.63, 3.8) is 0 Å². The lowest BCUT2D eigenvalue weighted by Gasteiger charge is -2.41. The lowest BCUT2D eigenvalue weighted by atomic mass is 9.85. The molecule has 0 saturated heterocycles. The molecule has 0 aromatic heterocycles. The monoisotopic (exact) mass is 897 g/mol. The van der Waals surface area contributed by atoms with Gasteiger partial charge in [0.15, 0.2) is 0 Å². The van der Waals surface area contributed by atoms with Crippen molar-refractivity contribution in [2.45, 2.75) is 211 Å². The number of unbranched alkanes of at least 4 members (excludes halogenated alkanes) is 15. The van der Waals surface area contributed by atoms with E-state index in [1.807, 2.05) is 0 Å². The molecule has 1 fully saturated rings. The first-order valence-electron chi connectivity index (χ1n) is 23.8. The third-order valence-electron chi connectivity index (χ3n) is 10.6. The van der Waals surface area contributed by atoms with Gasteiger partial charge in [0.25, 0.3) is 0 Å². The van der Waals surface area contributed by atoms with E-state index in [4.69, 9.17) is 18.5 Å². The molecule has 0 spiro atoms. The van der Waals surface area contributed by atoms with E-state index in [1.54, 1.807) is 0 Å². The smallest absolute Gasteiger partial charge is 0.457 e. The van der Waals surface area contributed by atoms with Gasteiger partial charge < -0.3 is 39.9 Å². The number of rotatable bonds is 39. The molecule has 1 aliphatic rings. The van der Waals surface area contributed by atoms with Crippen molar-refractivity contribution in [1.29, 1.82) is 0 Å². The highest BCUT2D eigenvalue weighted by atomic mass is 31.2. The number of ether oxygens (including phenoxy) is 2. The fraction of sp³-hybridized carbons (Fsp3) is 0.735. The van der Waals surface area contributed by atoms with Gasteiger partial charge in [-0.1, -0.05) is 151 Å². The van der Waals surface area contributed by atoms with Gasteiger partial charge in [0.05, 0.1) is 13.2 Å². The quantitative estimate of drug-likeness (QED) is 0.0148. The molecule has 0 aromatic carbocycles. The first kappa shape index (κ1) is 57.8. The van der Waals surface area contributed by atoms with E-state index in [0.717, 1.165) is 103 Å². The molecule has 0 bridgehead atoms. The van der Waals surface area contributed by atoms with Crippen LogP contribution in [0.4, 0.5) is 0 Å². The maximum Gasteiger partial charge on any atom is 0.472 e. The molecule has 0 aromatic rings. The third kappa shape index (κ3) is 30.8. The van der Waals surface area contributed by atoms with Crippen molar-refractivity contribution in [3.05, 3.63) is 72.9 Å². The van der Waals surface area contributed by atoms with E-state index in [1.165, 1.54) is 38.5 Å².